The van der Waals surface area contributed by atoms with Crippen molar-refractivity contribution in [2.45, 2.75) is 52.1 Å². The van der Waals surface area contributed by atoms with Crippen LogP contribution in [0.3, 0.4) is 0 Å². The molecule has 1 saturated carbocycles. The number of benzene rings is 1. The fourth-order valence-electron chi connectivity index (χ4n) is 3.20. The largest absolute Gasteiger partial charge is 0.389 e. The zero-order valence-corrected chi connectivity index (χ0v) is 12.8. The van der Waals surface area contributed by atoms with E-state index in [1.54, 1.807) is 13.8 Å². The van der Waals surface area contributed by atoms with Crippen molar-refractivity contribution >= 4 is 5.69 Å². The highest BCUT2D eigenvalue weighted by Crippen LogP contribution is 2.31. The lowest BCUT2D eigenvalue weighted by Gasteiger charge is -2.30. The second-order valence-corrected chi connectivity index (χ2v) is 6.22. The zero-order chi connectivity index (χ0) is 14.7. The summed E-state index contributed by atoms with van der Waals surface area (Å²) in [5.41, 5.74) is 2.29. The van der Waals surface area contributed by atoms with Gasteiger partial charge in [0, 0.05) is 24.8 Å². The molecule has 0 bridgehead atoms. The van der Waals surface area contributed by atoms with Gasteiger partial charge in [0.1, 0.15) is 5.82 Å². The third-order valence-corrected chi connectivity index (χ3v) is 4.43. The van der Waals surface area contributed by atoms with E-state index in [1.807, 2.05) is 13.1 Å². The summed E-state index contributed by atoms with van der Waals surface area (Å²) in [4.78, 5) is 2.18. The van der Waals surface area contributed by atoms with Crippen LogP contribution in [0.5, 0.6) is 0 Å². The average Bonchev–Trinajstić information content (AvgIpc) is 2.42. The van der Waals surface area contributed by atoms with Crippen LogP contribution in [0.1, 0.15) is 56.3 Å². The molecule has 0 spiro atoms. The van der Waals surface area contributed by atoms with Crippen LogP contribution in [0.2, 0.25) is 0 Å². The first-order chi connectivity index (χ1) is 9.49. The highest BCUT2D eigenvalue weighted by atomic mass is 19.1. The van der Waals surface area contributed by atoms with E-state index in [0.717, 1.165) is 18.2 Å². The van der Waals surface area contributed by atoms with Crippen LogP contribution >= 0.6 is 0 Å². The van der Waals surface area contributed by atoms with Crippen molar-refractivity contribution in [3.05, 3.63) is 29.1 Å². The molecule has 0 amide bonds. The first-order valence-corrected chi connectivity index (χ1v) is 7.68. The quantitative estimate of drug-likeness (QED) is 0.892. The van der Waals surface area contributed by atoms with Crippen LogP contribution in [0.15, 0.2) is 12.1 Å². The molecule has 1 atom stereocenters. The number of aryl methyl sites for hydroxylation is 1. The molecule has 2 rings (SSSR count). The number of aliphatic hydroxyl groups excluding tert-OH is 1. The number of aliphatic hydroxyl groups is 1. The summed E-state index contributed by atoms with van der Waals surface area (Å²) in [7, 11) is 2.05. The zero-order valence-electron chi connectivity index (χ0n) is 12.8. The lowest BCUT2D eigenvalue weighted by atomic mass is 9.88. The van der Waals surface area contributed by atoms with Gasteiger partial charge in [0.2, 0.25) is 0 Å². The van der Waals surface area contributed by atoms with Gasteiger partial charge in [-0.2, -0.15) is 0 Å². The molecule has 112 valence electrons. The second kappa shape index (κ2) is 6.57. The van der Waals surface area contributed by atoms with Crippen LogP contribution < -0.4 is 4.90 Å². The van der Waals surface area contributed by atoms with E-state index in [-0.39, 0.29) is 5.82 Å². The normalized spacial score (nSPS) is 18.1. The van der Waals surface area contributed by atoms with Crippen molar-refractivity contribution in [2.75, 3.05) is 18.5 Å². The van der Waals surface area contributed by atoms with Crippen LogP contribution in [0, 0.1) is 18.7 Å². The molecular weight excluding hydrogens is 253 g/mol. The second-order valence-electron chi connectivity index (χ2n) is 6.22. The Labute approximate surface area is 121 Å². The van der Waals surface area contributed by atoms with E-state index in [4.69, 9.17) is 0 Å². The lowest BCUT2D eigenvalue weighted by Crippen LogP contribution is -2.28. The molecule has 20 heavy (non-hydrogen) atoms. The van der Waals surface area contributed by atoms with Gasteiger partial charge in [0.25, 0.3) is 0 Å². The van der Waals surface area contributed by atoms with Crippen molar-refractivity contribution in [2.24, 2.45) is 5.92 Å². The Morgan fingerprint density at radius 1 is 1.30 bits per heavy atom. The summed E-state index contributed by atoms with van der Waals surface area (Å²) in [5, 5.41) is 9.88. The van der Waals surface area contributed by atoms with Gasteiger partial charge in [-0.3, -0.25) is 0 Å². The minimum Gasteiger partial charge on any atom is -0.389 e. The molecular formula is C17H26FNO. The Morgan fingerprint density at radius 2 is 1.95 bits per heavy atom. The van der Waals surface area contributed by atoms with Gasteiger partial charge in [-0.1, -0.05) is 19.3 Å². The molecule has 0 radical (unpaired) electrons. The fraction of sp³-hybridized carbons (Fsp3) is 0.647. The van der Waals surface area contributed by atoms with Gasteiger partial charge in [0.15, 0.2) is 0 Å². The van der Waals surface area contributed by atoms with Gasteiger partial charge in [-0.15, -0.1) is 0 Å². The molecule has 0 aromatic heterocycles. The van der Waals surface area contributed by atoms with E-state index < -0.39 is 6.10 Å². The highest BCUT2D eigenvalue weighted by Gasteiger charge is 2.19. The Kier molecular flexibility index (Phi) is 5.03. The number of anilines is 1. The third-order valence-electron chi connectivity index (χ3n) is 4.43. The number of rotatable bonds is 4. The topological polar surface area (TPSA) is 23.5 Å². The summed E-state index contributed by atoms with van der Waals surface area (Å²) < 4.78 is 13.7. The van der Waals surface area contributed by atoms with E-state index in [2.05, 4.69) is 4.90 Å². The Balaban J connectivity index is 2.19. The predicted molar refractivity (Wildman–Crippen MR) is 81.6 cm³/mol. The van der Waals surface area contributed by atoms with Crippen molar-refractivity contribution in [1.29, 1.82) is 0 Å². The lowest BCUT2D eigenvalue weighted by molar-refractivity contribution is 0.199. The molecule has 1 N–H and O–H groups in total. The number of nitrogens with zero attached hydrogens (tertiary/aromatic N) is 1. The van der Waals surface area contributed by atoms with Crippen LogP contribution in [0.4, 0.5) is 10.1 Å². The molecule has 1 aromatic carbocycles. The standard InChI is InChI=1S/C17H26FNO/c1-12-9-17(15(13(2)20)10-16(12)18)19(3)11-14-7-5-4-6-8-14/h9-10,13-14,20H,4-8,11H2,1-3H3. The summed E-state index contributed by atoms with van der Waals surface area (Å²) in [6.07, 6.45) is 5.93. The molecule has 2 nitrogen and oxygen atoms in total. The first-order valence-electron chi connectivity index (χ1n) is 7.68. The minimum atomic E-state index is -0.645. The maximum absolute atomic E-state index is 13.7. The summed E-state index contributed by atoms with van der Waals surface area (Å²) in [6, 6.07) is 3.34. The molecule has 0 aliphatic heterocycles. The van der Waals surface area contributed by atoms with E-state index in [9.17, 15) is 9.50 Å². The van der Waals surface area contributed by atoms with Gasteiger partial charge in [-0.25, -0.2) is 4.39 Å². The van der Waals surface area contributed by atoms with Crippen LogP contribution in [0.25, 0.3) is 0 Å². The van der Waals surface area contributed by atoms with E-state index in [0.29, 0.717) is 11.1 Å². The summed E-state index contributed by atoms with van der Waals surface area (Å²) in [5.74, 6) is 0.483. The first kappa shape index (κ1) is 15.3. The van der Waals surface area contributed by atoms with Crippen molar-refractivity contribution in [1.82, 2.24) is 0 Å². The van der Waals surface area contributed by atoms with Gasteiger partial charge in [-0.05, 0) is 50.3 Å². The number of halogens is 1. The van der Waals surface area contributed by atoms with Crippen molar-refractivity contribution in [3.63, 3.8) is 0 Å². The minimum absolute atomic E-state index is 0.240. The summed E-state index contributed by atoms with van der Waals surface area (Å²) in [6.45, 7) is 4.46. The molecule has 0 heterocycles. The molecule has 0 saturated heterocycles. The fourth-order valence-corrected chi connectivity index (χ4v) is 3.20. The Morgan fingerprint density at radius 3 is 2.55 bits per heavy atom. The van der Waals surface area contributed by atoms with Crippen molar-refractivity contribution in [3.8, 4) is 0 Å². The SMILES string of the molecule is Cc1cc(N(C)CC2CCCCC2)c(C(C)O)cc1F. The van der Waals surface area contributed by atoms with Gasteiger partial charge >= 0.3 is 0 Å². The molecule has 1 aliphatic rings. The Hall–Kier alpha value is -1.09. The average molecular weight is 279 g/mol. The monoisotopic (exact) mass is 279 g/mol. The summed E-state index contributed by atoms with van der Waals surface area (Å²) >= 11 is 0. The smallest absolute Gasteiger partial charge is 0.126 e. The van der Waals surface area contributed by atoms with E-state index in [1.165, 1.54) is 38.2 Å². The number of hydrogen-bond acceptors (Lipinski definition) is 2. The predicted octanol–water partition coefficient (Wildman–Crippen LogP) is 4.20. The van der Waals surface area contributed by atoms with Gasteiger partial charge < -0.3 is 10.0 Å². The Bertz CT molecular complexity index is 453. The third kappa shape index (κ3) is 3.51. The van der Waals surface area contributed by atoms with Crippen molar-refractivity contribution < 1.29 is 9.50 Å². The molecule has 1 aromatic rings. The molecule has 1 aliphatic carbocycles. The molecule has 1 unspecified atom stereocenters. The number of hydrogen-bond donors (Lipinski definition) is 1. The van der Waals surface area contributed by atoms with Crippen LogP contribution in [-0.4, -0.2) is 18.7 Å². The maximum atomic E-state index is 13.7. The van der Waals surface area contributed by atoms with Gasteiger partial charge in [0.05, 0.1) is 6.10 Å². The van der Waals surface area contributed by atoms with E-state index >= 15 is 0 Å². The van der Waals surface area contributed by atoms with Crippen LogP contribution in [-0.2, 0) is 0 Å². The molecule has 3 heteroatoms. The highest BCUT2D eigenvalue weighted by molar-refractivity contribution is 5.56. The molecule has 1 fully saturated rings. The maximum Gasteiger partial charge on any atom is 0.126 e.